The van der Waals surface area contributed by atoms with Crippen LogP contribution in [-0.4, -0.2) is 5.78 Å². The van der Waals surface area contributed by atoms with E-state index in [1.807, 2.05) is 6.08 Å². The fraction of sp³-hybridized carbons (Fsp3) is 0.400. The van der Waals surface area contributed by atoms with Crippen molar-refractivity contribution in [3.63, 3.8) is 0 Å². The highest BCUT2D eigenvalue weighted by atomic mass is 19.4. The number of rotatable bonds is 3. The number of Topliss-reactive ketones (excluding diaryl/α,β-unsaturated/α-hetero) is 1. The molecule has 0 heterocycles. The Balaban J connectivity index is 2.20. The number of halogens is 4. The Hall–Kier alpha value is -1.65. The fourth-order valence-electron chi connectivity index (χ4n) is 2.29. The van der Waals surface area contributed by atoms with Crippen LogP contribution >= 0.6 is 0 Å². The first kappa shape index (κ1) is 14.8. The van der Waals surface area contributed by atoms with Crippen molar-refractivity contribution in [3.8, 4) is 0 Å². The molecule has 0 amide bonds. The number of carbonyl (C=O) groups excluding carboxylic acids is 1. The minimum Gasteiger partial charge on any atom is -0.294 e. The summed E-state index contributed by atoms with van der Waals surface area (Å²) in [4.78, 5) is 12.0. The molecular weight excluding hydrogens is 272 g/mol. The Labute approximate surface area is 114 Å². The monoisotopic (exact) mass is 286 g/mol. The van der Waals surface area contributed by atoms with Crippen LogP contribution in [0.1, 0.15) is 48.0 Å². The molecule has 0 radical (unpaired) electrons. The summed E-state index contributed by atoms with van der Waals surface area (Å²) in [7, 11) is 0. The maximum atomic E-state index is 13.1. The molecule has 0 spiro atoms. The topological polar surface area (TPSA) is 17.1 Å². The summed E-state index contributed by atoms with van der Waals surface area (Å²) in [5.74, 6) is -1.76. The molecule has 1 aromatic rings. The third-order valence-corrected chi connectivity index (χ3v) is 3.37. The maximum absolute atomic E-state index is 13.1. The number of hydrogen-bond acceptors (Lipinski definition) is 1. The molecule has 0 atom stereocenters. The maximum Gasteiger partial charge on any atom is 0.419 e. The number of carbonyl (C=O) groups is 1. The van der Waals surface area contributed by atoms with Crippen molar-refractivity contribution in [1.29, 1.82) is 0 Å². The molecule has 0 fully saturated rings. The summed E-state index contributed by atoms with van der Waals surface area (Å²) < 4.78 is 50.9. The zero-order chi connectivity index (χ0) is 14.8. The van der Waals surface area contributed by atoms with Gasteiger partial charge in [0.25, 0.3) is 0 Å². The highest BCUT2D eigenvalue weighted by molar-refractivity contribution is 5.97. The van der Waals surface area contributed by atoms with Gasteiger partial charge in [0.1, 0.15) is 5.82 Å². The van der Waals surface area contributed by atoms with Gasteiger partial charge in [0, 0.05) is 12.0 Å². The Bertz CT molecular complexity index is 543. The zero-order valence-corrected chi connectivity index (χ0v) is 10.8. The minimum atomic E-state index is -4.79. The zero-order valence-electron chi connectivity index (χ0n) is 10.8. The first-order chi connectivity index (χ1) is 9.38. The van der Waals surface area contributed by atoms with Gasteiger partial charge in [0.2, 0.25) is 0 Å². The van der Waals surface area contributed by atoms with Gasteiger partial charge >= 0.3 is 6.18 Å². The summed E-state index contributed by atoms with van der Waals surface area (Å²) in [5.41, 5.74) is -0.523. The Morgan fingerprint density at radius 2 is 1.95 bits per heavy atom. The molecule has 108 valence electrons. The molecule has 1 nitrogen and oxygen atoms in total. The average Bonchev–Trinajstić information content (AvgIpc) is 2.39. The van der Waals surface area contributed by atoms with Gasteiger partial charge in [-0.2, -0.15) is 13.2 Å². The molecule has 2 rings (SSSR count). The molecular formula is C15H14F4O. The second-order valence-corrected chi connectivity index (χ2v) is 4.90. The Morgan fingerprint density at radius 3 is 2.55 bits per heavy atom. The van der Waals surface area contributed by atoms with E-state index in [2.05, 4.69) is 0 Å². The van der Waals surface area contributed by atoms with Crippen LogP contribution in [0.25, 0.3) is 0 Å². The lowest BCUT2D eigenvalue weighted by molar-refractivity contribution is -0.140. The first-order valence-electron chi connectivity index (χ1n) is 6.46. The van der Waals surface area contributed by atoms with Gasteiger partial charge in [-0.1, -0.05) is 11.6 Å². The van der Waals surface area contributed by atoms with Crippen LogP contribution in [0.15, 0.2) is 29.8 Å². The van der Waals surface area contributed by atoms with Crippen LogP contribution in [0.2, 0.25) is 0 Å². The molecule has 0 N–H and O–H groups in total. The molecule has 0 aromatic heterocycles. The summed E-state index contributed by atoms with van der Waals surface area (Å²) >= 11 is 0. The van der Waals surface area contributed by atoms with Crippen molar-refractivity contribution in [3.05, 3.63) is 46.8 Å². The molecule has 0 saturated heterocycles. The van der Waals surface area contributed by atoms with Crippen LogP contribution in [0.3, 0.4) is 0 Å². The molecule has 0 unspecified atom stereocenters. The average molecular weight is 286 g/mol. The molecule has 0 saturated carbocycles. The van der Waals surface area contributed by atoms with E-state index >= 15 is 0 Å². The lowest BCUT2D eigenvalue weighted by atomic mass is 9.93. The number of alkyl halides is 3. The van der Waals surface area contributed by atoms with Crippen molar-refractivity contribution in [2.75, 3.05) is 0 Å². The van der Waals surface area contributed by atoms with Crippen LogP contribution < -0.4 is 0 Å². The van der Waals surface area contributed by atoms with E-state index in [9.17, 15) is 22.4 Å². The van der Waals surface area contributed by atoms with Crippen LogP contribution in [0.4, 0.5) is 17.6 Å². The molecule has 0 aliphatic heterocycles. The van der Waals surface area contributed by atoms with Gasteiger partial charge in [0.15, 0.2) is 5.78 Å². The third kappa shape index (κ3) is 3.46. The van der Waals surface area contributed by atoms with Crippen molar-refractivity contribution < 1.29 is 22.4 Å². The standard InChI is InChI=1S/C15H14F4O/c16-13-7-6-11(9-12(13)15(17,18)19)14(20)8-10-4-2-1-3-5-10/h4,6-7,9H,1-3,5,8H2. The lowest BCUT2D eigenvalue weighted by Gasteiger charge is -2.13. The SMILES string of the molecule is O=C(CC1=CCCCC1)c1ccc(F)c(C(F)(F)F)c1. The van der Waals surface area contributed by atoms with Gasteiger partial charge in [-0.15, -0.1) is 0 Å². The highest BCUT2D eigenvalue weighted by Crippen LogP contribution is 2.32. The van der Waals surface area contributed by atoms with Crippen molar-refractivity contribution in [2.24, 2.45) is 0 Å². The normalized spacial score (nSPS) is 15.9. The highest BCUT2D eigenvalue weighted by Gasteiger charge is 2.34. The molecule has 1 aliphatic rings. The van der Waals surface area contributed by atoms with Gasteiger partial charge in [-0.05, 0) is 43.9 Å². The van der Waals surface area contributed by atoms with E-state index in [4.69, 9.17) is 0 Å². The minimum absolute atomic E-state index is 0.0924. The van der Waals surface area contributed by atoms with E-state index in [1.54, 1.807) is 0 Å². The van der Waals surface area contributed by atoms with Crippen LogP contribution in [-0.2, 0) is 6.18 Å². The smallest absolute Gasteiger partial charge is 0.294 e. The van der Waals surface area contributed by atoms with Crippen LogP contribution in [0.5, 0.6) is 0 Å². The second kappa shape index (κ2) is 5.77. The van der Waals surface area contributed by atoms with E-state index < -0.39 is 23.3 Å². The van der Waals surface area contributed by atoms with Crippen molar-refractivity contribution in [2.45, 2.75) is 38.3 Å². The van der Waals surface area contributed by atoms with Gasteiger partial charge in [0.05, 0.1) is 5.56 Å². The summed E-state index contributed by atoms with van der Waals surface area (Å²) in [5, 5.41) is 0. The summed E-state index contributed by atoms with van der Waals surface area (Å²) in [6.07, 6.45) is 1.07. The van der Waals surface area contributed by atoms with Crippen molar-refractivity contribution in [1.82, 2.24) is 0 Å². The molecule has 5 heteroatoms. The number of ketones is 1. The van der Waals surface area contributed by atoms with E-state index in [0.717, 1.165) is 37.3 Å². The van der Waals surface area contributed by atoms with E-state index in [1.165, 1.54) is 0 Å². The molecule has 0 bridgehead atoms. The summed E-state index contributed by atoms with van der Waals surface area (Å²) in [6.45, 7) is 0. The largest absolute Gasteiger partial charge is 0.419 e. The Kier molecular flexibility index (Phi) is 4.26. The van der Waals surface area contributed by atoms with Crippen LogP contribution in [0, 0.1) is 5.82 Å². The lowest BCUT2D eigenvalue weighted by Crippen LogP contribution is -2.11. The molecule has 20 heavy (non-hydrogen) atoms. The Morgan fingerprint density at radius 1 is 1.20 bits per heavy atom. The second-order valence-electron chi connectivity index (χ2n) is 4.90. The van der Waals surface area contributed by atoms with Crippen molar-refractivity contribution >= 4 is 5.78 Å². The van der Waals surface area contributed by atoms with E-state index in [-0.39, 0.29) is 12.0 Å². The number of hydrogen-bond donors (Lipinski definition) is 0. The fourth-order valence-corrected chi connectivity index (χ4v) is 2.29. The van der Waals surface area contributed by atoms with Gasteiger partial charge < -0.3 is 0 Å². The third-order valence-electron chi connectivity index (χ3n) is 3.37. The summed E-state index contributed by atoms with van der Waals surface area (Å²) in [6, 6.07) is 2.41. The predicted octanol–water partition coefficient (Wildman–Crippen LogP) is 4.92. The first-order valence-corrected chi connectivity index (χ1v) is 6.46. The molecule has 1 aromatic carbocycles. The van der Waals surface area contributed by atoms with E-state index in [0.29, 0.717) is 12.1 Å². The van der Waals surface area contributed by atoms with Gasteiger partial charge in [-0.3, -0.25) is 4.79 Å². The van der Waals surface area contributed by atoms with Gasteiger partial charge in [-0.25, -0.2) is 4.39 Å². The quantitative estimate of drug-likeness (QED) is 0.438. The molecule has 1 aliphatic carbocycles. The predicted molar refractivity (Wildman–Crippen MR) is 66.9 cm³/mol. The number of allylic oxidation sites excluding steroid dienone is 2. The number of benzene rings is 1.